The molecular formula is C54H35N3O. The van der Waals surface area contributed by atoms with Gasteiger partial charge in [0.1, 0.15) is 17.5 Å². The van der Waals surface area contributed by atoms with Crippen molar-refractivity contribution in [1.29, 1.82) is 0 Å². The van der Waals surface area contributed by atoms with Crippen LogP contribution in [0.1, 0.15) is 5.56 Å². The van der Waals surface area contributed by atoms with Crippen LogP contribution in [0.25, 0.3) is 104 Å². The van der Waals surface area contributed by atoms with E-state index in [0.29, 0.717) is 0 Å². The van der Waals surface area contributed by atoms with Crippen LogP contribution >= 0.6 is 0 Å². The molecule has 0 aliphatic heterocycles. The van der Waals surface area contributed by atoms with Gasteiger partial charge in [-0.2, -0.15) is 0 Å². The third kappa shape index (κ3) is 4.82. The summed E-state index contributed by atoms with van der Waals surface area (Å²) in [4.78, 5) is 5.41. The number of benzene rings is 9. The van der Waals surface area contributed by atoms with Gasteiger partial charge in [-0.25, -0.2) is 4.99 Å². The molecular weight excluding hydrogens is 707 g/mol. The minimum Gasteiger partial charge on any atom is -0.456 e. The van der Waals surface area contributed by atoms with Crippen LogP contribution in [-0.4, -0.2) is 16.9 Å². The lowest BCUT2D eigenvalue weighted by Gasteiger charge is -2.16. The molecule has 0 fully saturated rings. The van der Waals surface area contributed by atoms with Gasteiger partial charge in [-0.15, -0.1) is 0 Å². The topological polar surface area (TPSA) is 56.4 Å². The van der Waals surface area contributed by atoms with Gasteiger partial charge in [-0.3, -0.25) is 4.57 Å². The average Bonchev–Trinajstić information content (AvgIpc) is 3.83. The van der Waals surface area contributed by atoms with Gasteiger partial charge in [0.2, 0.25) is 0 Å². The number of allylic oxidation sites excluding steroid dienone is 2. The summed E-state index contributed by atoms with van der Waals surface area (Å²) in [5, 5.41) is 14.2. The minimum absolute atomic E-state index is 0.269. The van der Waals surface area contributed by atoms with Crippen molar-refractivity contribution in [3.63, 3.8) is 0 Å². The minimum atomic E-state index is -0.269. The normalized spacial score (nSPS) is 15.5. The Balaban J connectivity index is 1.22. The predicted molar refractivity (Wildman–Crippen MR) is 246 cm³/mol. The Bertz CT molecular complexity index is 3630. The number of fused-ring (bicyclic) bond motifs is 15. The molecule has 2 aromatic heterocycles. The Hall–Kier alpha value is -7.53. The highest BCUT2D eigenvalue weighted by Crippen LogP contribution is 2.47. The highest BCUT2D eigenvalue weighted by Gasteiger charge is 2.23. The second-order valence-corrected chi connectivity index (χ2v) is 15.2. The van der Waals surface area contributed by atoms with Gasteiger partial charge in [-0.05, 0) is 67.9 Å². The van der Waals surface area contributed by atoms with Crippen molar-refractivity contribution in [3.8, 4) is 11.1 Å². The summed E-state index contributed by atoms with van der Waals surface area (Å²) in [7, 11) is 0. The maximum atomic E-state index is 6.73. The second-order valence-electron chi connectivity index (χ2n) is 15.2. The molecule has 4 nitrogen and oxygen atoms in total. The number of para-hydroxylation sites is 1. The number of aliphatic imine (C=N–C) groups is 1. The fourth-order valence-corrected chi connectivity index (χ4v) is 9.45. The molecule has 11 aromatic rings. The Morgan fingerprint density at radius 3 is 2.09 bits per heavy atom. The summed E-state index contributed by atoms with van der Waals surface area (Å²) in [6.45, 7) is 0. The molecule has 0 spiro atoms. The lowest BCUT2D eigenvalue weighted by Crippen LogP contribution is -2.21. The third-order valence-electron chi connectivity index (χ3n) is 12.0. The third-order valence-corrected chi connectivity index (χ3v) is 12.0. The molecule has 2 heterocycles. The molecule has 58 heavy (non-hydrogen) atoms. The van der Waals surface area contributed by atoms with E-state index in [4.69, 9.17) is 15.1 Å². The lowest BCUT2D eigenvalue weighted by atomic mass is 9.88. The van der Waals surface area contributed by atoms with E-state index in [1.807, 2.05) is 42.8 Å². The van der Waals surface area contributed by atoms with E-state index in [1.54, 1.807) is 0 Å². The van der Waals surface area contributed by atoms with Crippen LogP contribution in [0.3, 0.4) is 0 Å². The van der Waals surface area contributed by atoms with E-state index >= 15 is 0 Å². The van der Waals surface area contributed by atoms with Crippen LogP contribution in [0.2, 0.25) is 0 Å². The van der Waals surface area contributed by atoms with E-state index in [-0.39, 0.29) is 6.04 Å². The molecule has 9 aromatic carbocycles. The maximum Gasteiger partial charge on any atom is 0.135 e. The fraction of sp³-hybridized carbons (Fsp3) is 0.0185. The standard InChI is InChI=1S/C54H35N3O/c55-47-24-12-10-23-42(47)52(34-15-2-1-3-16-34)56-32-57-53-36-17-5-4-14-33(36)26-28-43(53)51-50-40-21-8-6-18-37(40)44(31-46(50)38-19-7-9-22-41(38)54(51)57)35-27-29-49-45(30-35)39-20-11-13-25-48(39)58-49/h1-32,47H,55H2/b52-42-,56-32?. The summed E-state index contributed by atoms with van der Waals surface area (Å²) in [6.07, 6.45) is 10.2. The molecule has 0 bridgehead atoms. The molecule has 272 valence electrons. The van der Waals surface area contributed by atoms with Crippen LogP contribution < -0.4 is 5.73 Å². The van der Waals surface area contributed by atoms with Gasteiger partial charge in [0.25, 0.3) is 0 Å². The first-order valence-electron chi connectivity index (χ1n) is 19.8. The van der Waals surface area contributed by atoms with Crippen molar-refractivity contribution in [2.45, 2.75) is 6.04 Å². The van der Waals surface area contributed by atoms with E-state index in [9.17, 15) is 0 Å². The largest absolute Gasteiger partial charge is 0.456 e. The van der Waals surface area contributed by atoms with Crippen LogP contribution in [0, 0.1) is 0 Å². The number of aromatic nitrogens is 1. The Morgan fingerprint density at radius 1 is 0.534 bits per heavy atom. The molecule has 1 aliphatic carbocycles. The Labute approximate surface area is 333 Å². The molecule has 0 amide bonds. The Morgan fingerprint density at radius 2 is 1.24 bits per heavy atom. The van der Waals surface area contributed by atoms with Gasteiger partial charge < -0.3 is 10.2 Å². The summed E-state index contributed by atoms with van der Waals surface area (Å²) in [6, 6.07) is 58.4. The number of furan rings is 1. The van der Waals surface area contributed by atoms with Crippen molar-refractivity contribution < 1.29 is 4.42 Å². The molecule has 1 atom stereocenters. The van der Waals surface area contributed by atoms with Crippen LogP contribution in [-0.2, 0) is 0 Å². The van der Waals surface area contributed by atoms with Gasteiger partial charge in [-0.1, -0.05) is 164 Å². The van der Waals surface area contributed by atoms with Crippen molar-refractivity contribution in [2.24, 2.45) is 10.7 Å². The molecule has 1 aliphatic rings. The number of rotatable bonds is 4. The Kier molecular flexibility index (Phi) is 7.19. The van der Waals surface area contributed by atoms with Crippen molar-refractivity contribution in [3.05, 3.63) is 199 Å². The van der Waals surface area contributed by atoms with Crippen molar-refractivity contribution in [2.75, 3.05) is 0 Å². The quantitative estimate of drug-likeness (QED) is 0.111. The van der Waals surface area contributed by atoms with Crippen molar-refractivity contribution in [1.82, 2.24) is 4.57 Å². The highest BCUT2D eigenvalue weighted by atomic mass is 16.3. The predicted octanol–water partition coefficient (Wildman–Crippen LogP) is 13.7. The smallest absolute Gasteiger partial charge is 0.135 e. The summed E-state index contributed by atoms with van der Waals surface area (Å²) in [5.41, 5.74) is 16.0. The zero-order valence-electron chi connectivity index (χ0n) is 31.4. The SMILES string of the molecule is NC1C=CC=C/C1=C(/N=Cn1c2c3ccccc3ccc2c2c3c4ccccc4c(-c4ccc5oc6ccccc6c5c4)cc3c3ccccc3c21)c1ccccc1. The highest BCUT2D eigenvalue weighted by molar-refractivity contribution is 6.40. The monoisotopic (exact) mass is 741 g/mol. The molecule has 4 heteroatoms. The molecule has 12 rings (SSSR count). The second kappa shape index (κ2) is 12.8. The maximum absolute atomic E-state index is 6.73. The van der Waals surface area contributed by atoms with Crippen LogP contribution in [0.4, 0.5) is 0 Å². The van der Waals surface area contributed by atoms with E-state index in [1.165, 1.54) is 59.4 Å². The number of hydrogen-bond donors (Lipinski definition) is 1. The molecule has 0 saturated heterocycles. The van der Waals surface area contributed by atoms with Gasteiger partial charge >= 0.3 is 0 Å². The number of nitrogens with two attached hydrogens (primary N) is 1. The van der Waals surface area contributed by atoms with E-state index in [2.05, 4.69) is 156 Å². The molecule has 2 N–H and O–H groups in total. The van der Waals surface area contributed by atoms with Crippen LogP contribution in [0.5, 0.6) is 0 Å². The van der Waals surface area contributed by atoms with E-state index in [0.717, 1.165) is 55.4 Å². The van der Waals surface area contributed by atoms with Gasteiger partial charge in [0.15, 0.2) is 0 Å². The summed E-state index contributed by atoms with van der Waals surface area (Å²) < 4.78 is 8.59. The average molecular weight is 742 g/mol. The number of hydrogen-bond acceptors (Lipinski definition) is 3. The lowest BCUT2D eigenvalue weighted by molar-refractivity contribution is 0.669. The van der Waals surface area contributed by atoms with Crippen molar-refractivity contribution >= 4 is 98.9 Å². The first-order chi connectivity index (χ1) is 28.7. The summed E-state index contributed by atoms with van der Waals surface area (Å²) >= 11 is 0. The molecule has 0 saturated carbocycles. The first kappa shape index (κ1) is 32.7. The zero-order chi connectivity index (χ0) is 38.3. The summed E-state index contributed by atoms with van der Waals surface area (Å²) in [5.74, 6) is 0. The molecule has 0 radical (unpaired) electrons. The van der Waals surface area contributed by atoms with Gasteiger partial charge in [0, 0.05) is 43.3 Å². The van der Waals surface area contributed by atoms with Gasteiger partial charge in [0.05, 0.1) is 22.8 Å². The number of nitrogens with zero attached hydrogens (tertiary/aromatic N) is 2. The first-order valence-corrected chi connectivity index (χ1v) is 19.8. The van der Waals surface area contributed by atoms with Crippen LogP contribution in [0.15, 0.2) is 203 Å². The fourth-order valence-electron chi connectivity index (χ4n) is 9.45. The zero-order valence-corrected chi connectivity index (χ0v) is 31.4. The molecule has 1 unspecified atom stereocenters. The van der Waals surface area contributed by atoms with E-state index < -0.39 is 0 Å².